The first kappa shape index (κ1) is 15.1. The molecule has 0 aliphatic rings. The zero-order valence-electron chi connectivity index (χ0n) is 12.2. The van der Waals surface area contributed by atoms with Crippen LogP contribution in [0.15, 0.2) is 34.8 Å². The van der Waals surface area contributed by atoms with Crippen LogP contribution in [0, 0.1) is 6.92 Å². The summed E-state index contributed by atoms with van der Waals surface area (Å²) in [5.74, 6) is 0. The number of aryl methyl sites for hydroxylation is 1. The molecule has 6 nitrogen and oxygen atoms in total. The summed E-state index contributed by atoms with van der Waals surface area (Å²) in [5.41, 5.74) is 2.13. The number of H-pyrrole nitrogens is 1. The minimum Gasteiger partial charge on any atom is -0.361 e. The van der Waals surface area contributed by atoms with Crippen LogP contribution in [0.4, 0.5) is 0 Å². The molecule has 1 atom stereocenters. The summed E-state index contributed by atoms with van der Waals surface area (Å²) < 4.78 is 27.1. The normalized spacial score (nSPS) is 13.5. The fraction of sp³-hybridized carbons (Fsp3) is 0.286. The Morgan fingerprint density at radius 3 is 2.82 bits per heavy atom. The van der Waals surface area contributed by atoms with E-state index in [-0.39, 0.29) is 10.4 Å². The van der Waals surface area contributed by atoms with Gasteiger partial charge in [-0.3, -0.25) is 0 Å². The Morgan fingerprint density at radius 1 is 1.32 bits per heavy atom. The van der Waals surface area contributed by atoms with Crippen LogP contribution < -0.4 is 4.72 Å². The quantitative estimate of drug-likeness (QED) is 0.748. The fourth-order valence-electron chi connectivity index (χ4n) is 2.37. The lowest BCUT2D eigenvalue weighted by Crippen LogP contribution is -2.34. The van der Waals surface area contributed by atoms with Crippen molar-refractivity contribution >= 4 is 32.3 Å². The lowest BCUT2D eigenvalue weighted by atomic mass is 10.1. The minimum absolute atomic E-state index is 0.00998. The van der Waals surface area contributed by atoms with E-state index in [1.54, 1.807) is 6.92 Å². The average molecular weight is 336 g/mol. The van der Waals surface area contributed by atoms with Crippen molar-refractivity contribution in [2.24, 2.45) is 0 Å². The van der Waals surface area contributed by atoms with Crippen LogP contribution in [0.5, 0.6) is 0 Å². The first-order valence-corrected chi connectivity index (χ1v) is 9.13. The smallest absolute Gasteiger partial charge is 0.270 e. The number of para-hydroxylation sites is 1. The fourth-order valence-corrected chi connectivity index (χ4v) is 4.60. The molecule has 22 heavy (non-hydrogen) atoms. The third-order valence-corrected chi connectivity index (χ3v) is 6.09. The highest BCUT2D eigenvalue weighted by molar-refractivity contribution is 7.91. The molecule has 1 unspecified atom stereocenters. The number of benzene rings is 1. The third-order valence-electron chi connectivity index (χ3n) is 3.29. The molecule has 2 heterocycles. The van der Waals surface area contributed by atoms with Crippen LogP contribution in [-0.2, 0) is 16.4 Å². The SMILES string of the molecule is Cc1nnc(S(=O)(=O)NC(C)Cc2c[nH]c3ccccc23)s1. The molecule has 2 aromatic heterocycles. The van der Waals surface area contributed by atoms with Gasteiger partial charge in [-0.25, -0.2) is 13.1 Å². The van der Waals surface area contributed by atoms with Gasteiger partial charge >= 0.3 is 0 Å². The molecule has 1 aromatic carbocycles. The number of hydrogen-bond acceptors (Lipinski definition) is 5. The van der Waals surface area contributed by atoms with Crippen LogP contribution in [-0.4, -0.2) is 29.6 Å². The maximum atomic E-state index is 12.2. The standard InChI is InChI=1S/C14H16N4O2S2/c1-9(18-22(19,20)14-17-16-10(2)21-14)7-11-8-15-13-6-4-3-5-12(11)13/h3-6,8-9,15,18H,7H2,1-2H3. The topological polar surface area (TPSA) is 87.7 Å². The van der Waals surface area contributed by atoms with Crippen molar-refractivity contribution in [3.05, 3.63) is 41.0 Å². The molecule has 3 rings (SSSR count). The highest BCUT2D eigenvalue weighted by atomic mass is 32.2. The van der Waals surface area contributed by atoms with Crippen molar-refractivity contribution in [3.8, 4) is 0 Å². The molecular weight excluding hydrogens is 320 g/mol. The Bertz CT molecular complexity index is 898. The Balaban J connectivity index is 1.76. The number of sulfonamides is 1. The van der Waals surface area contributed by atoms with Crippen molar-refractivity contribution in [2.45, 2.75) is 30.6 Å². The molecule has 0 saturated heterocycles. The monoisotopic (exact) mass is 336 g/mol. The Hall–Kier alpha value is -1.77. The zero-order chi connectivity index (χ0) is 15.7. The van der Waals surface area contributed by atoms with Gasteiger partial charge < -0.3 is 4.98 Å². The summed E-state index contributed by atoms with van der Waals surface area (Å²) in [6.07, 6.45) is 2.52. The lowest BCUT2D eigenvalue weighted by Gasteiger charge is -2.12. The van der Waals surface area contributed by atoms with Crippen LogP contribution in [0.25, 0.3) is 10.9 Å². The second-order valence-corrected chi connectivity index (χ2v) is 8.24. The summed E-state index contributed by atoms with van der Waals surface area (Å²) in [7, 11) is -3.61. The second-order valence-electron chi connectivity index (χ2n) is 5.17. The van der Waals surface area contributed by atoms with Crippen molar-refractivity contribution < 1.29 is 8.42 Å². The summed E-state index contributed by atoms with van der Waals surface area (Å²) in [4.78, 5) is 3.19. The van der Waals surface area contributed by atoms with Crippen molar-refractivity contribution in [2.75, 3.05) is 0 Å². The first-order valence-electron chi connectivity index (χ1n) is 6.83. The van der Waals surface area contributed by atoms with Crippen LogP contribution in [0.3, 0.4) is 0 Å². The first-order chi connectivity index (χ1) is 10.5. The van der Waals surface area contributed by atoms with Crippen LogP contribution in [0.1, 0.15) is 17.5 Å². The predicted molar refractivity (Wildman–Crippen MR) is 86.4 cm³/mol. The number of aromatic nitrogens is 3. The number of rotatable bonds is 5. The van der Waals surface area contributed by atoms with Gasteiger partial charge in [0.25, 0.3) is 10.0 Å². The summed E-state index contributed by atoms with van der Waals surface area (Å²) in [6, 6.07) is 7.72. The van der Waals surface area contributed by atoms with E-state index in [2.05, 4.69) is 19.9 Å². The van der Waals surface area contributed by atoms with E-state index in [0.29, 0.717) is 11.4 Å². The number of nitrogens with one attached hydrogen (secondary N) is 2. The van der Waals surface area contributed by atoms with Crippen LogP contribution in [0.2, 0.25) is 0 Å². The van der Waals surface area contributed by atoms with E-state index in [4.69, 9.17) is 0 Å². The highest BCUT2D eigenvalue weighted by Crippen LogP contribution is 2.20. The number of fused-ring (bicyclic) bond motifs is 1. The Morgan fingerprint density at radius 2 is 2.09 bits per heavy atom. The largest absolute Gasteiger partial charge is 0.361 e. The maximum absolute atomic E-state index is 12.2. The van der Waals surface area contributed by atoms with Crippen molar-refractivity contribution in [1.82, 2.24) is 19.9 Å². The predicted octanol–water partition coefficient (Wildman–Crippen LogP) is 2.24. The van der Waals surface area contributed by atoms with E-state index in [9.17, 15) is 8.42 Å². The maximum Gasteiger partial charge on any atom is 0.270 e. The summed E-state index contributed by atoms with van der Waals surface area (Å²) >= 11 is 1.07. The minimum atomic E-state index is -3.61. The Labute approximate surface area is 132 Å². The molecule has 2 N–H and O–H groups in total. The second kappa shape index (κ2) is 5.79. The van der Waals surface area contributed by atoms with Crippen LogP contribution >= 0.6 is 11.3 Å². The molecule has 8 heteroatoms. The number of nitrogens with zero attached hydrogens (tertiary/aromatic N) is 2. The molecular formula is C14H16N4O2S2. The van der Waals surface area contributed by atoms with Crippen molar-refractivity contribution in [1.29, 1.82) is 0 Å². The highest BCUT2D eigenvalue weighted by Gasteiger charge is 2.22. The molecule has 116 valence electrons. The van der Waals surface area contributed by atoms with Crippen molar-refractivity contribution in [3.63, 3.8) is 0 Å². The van der Waals surface area contributed by atoms with Gasteiger partial charge in [0.1, 0.15) is 5.01 Å². The van der Waals surface area contributed by atoms with Gasteiger partial charge in [-0.15, -0.1) is 10.2 Å². The van der Waals surface area contributed by atoms with Gasteiger partial charge in [-0.05, 0) is 31.9 Å². The molecule has 0 radical (unpaired) electrons. The number of hydrogen-bond donors (Lipinski definition) is 2. The molecule has 0 aliphatic carbocycles. The van der Waals surface area contributed by atoms with E-state index in [1.165, 1.54) is 0 Å². The molecule has 0 saturated carbocycles. The van der Waals surface area contributed by atoms with Gasteiger partial charge in [-0.1, -0.05) is 29.5 Å². The third kappa shape index (κ3) is 3.03. The molecule has 0 bridgehead atoms. The van der Waals surface area contributed by atoms with E-state index < -0.39 is 10.0 Å². The molecule has 0 fully saturated rings. The molecule has 0 spiro atoms. The van der Waals surface area contributed by atoms with E-state index in [0.717, 1.165) is 27.8 Å². The van der Waals surface area contributed by atoms with Gasteiger partial charge in [0.2, 0.25) is 4.34 Å². The van der Waals surface area contributed by atoms with Gasteiger partial charge in [-0.2, -0.15) is 0 Å². The molecule has 0 amide bonds. The van der Waals surface area contributed by atoms with Gasteiger partial charge in [0.15, 0.2) is 0 Å². The molecule has 3 aromatic rings. The Kier molecular flexibility index (Phi) is 3.98. The summed E-state index contributed by atoms with van der Waals surface area (Å²) in [6.45, 7) is 3.57. The van der Waals surface area contributed by atoms with E-state index >= 15 is 0 Å². The molecule has 0 aliphatic heterocycles. The van der Waals surface area contributed by atoms with E-state index in [1.807, 2.05) is 37.4 Å². The number of aromatic amines is 1. The summed E-state index contributed by atoms with van der Waals surface area (Å²) in [5, 5.41) is 9.19. The average Bonchev–Trinajstić information content (AvgIpc) is 3.06. The lowest BCUT2D eigenvalue weighted by molar-refractivity contribution is 0.558. The zero-order valence-corrected chi connectivity index (χ0v) is 13.8. The van der Waals surface area contributed by atoms with Gasteiger partial charge in [0.05, 0.1) is 0 Å². The van der Waals surface area contributed by atoms with Gasteiger partial charge in [0, 0.05) is 23.1 Å².